The molecule has 1 spiro atoms. The number of aliphatic hydroxyl groups excluding tert-OH is 1. The zero-order valence-electron chi connectivity index (χ0n) is 23.3. The fourth-order valence-electron chi connectivity index (χ4n) is 7.20. The largest absolute Gasteiger partial charge is 0.462 e. The second kappa shape index (κ2) is 9.93. The van der Waals surface area contributed by atoms with Crippen LogP contribution in [-0.2, 0) is 42.9 Å². The zero-order valence-corrected chi connectivity index (χ0v) is 23.3. The smallest absolute Gasteiger partial charge is 0.342 e. The van der Waals surface area contributed by atoms with Gasteiger partial charge in [0.05, 0.1) is 6.10 Å². The van der Waals surface area contributed by atoms with Crippen LogP contribution in [0.4, 0.5) is 0 Å². The van der Waals surface area contributed by atoms with Gasteiger partial charge in [0.1, 0.15) is 18.3 Å². The van der Waals surface area contributed by atoms with Gasteiger partial charge in [-0.1, -0.05) is 26.3 Å². The standard InChI is InChI=1S/C28H40O10/c1-8-9-22(31)36-18-13-20(35-17(5)30)26(6)19(34-16(4)29)11-10-14(2)12-21-28(24(32)23(26)15(18)3)27(7,38-28)25(33)37-21/h12,15,18-21,23-24,32H,8-11,13H2,1-7H3. The van der Waals surface area contributed by atoms with Crippen LogP contribution >= 0.6 is 0 Å². The molecule has 212 valence electrons. The molecule has 0 aromatic rings. The number of fused-ring (bicyclic) bond motifs is 1. The Bertz CT molecular complexity index is 1040. The number of epoxide rings is 1. The first kappa shape index (κ1) is 28.5. The number of hydrogen-bond donors (Lipinski definition) is 1. The normalized spacial score (nSPS) is 43.8. The molecular weight excluding hydrogens is 496 g/mol. The number of carbonyl (C=O) groups excluding carboxylic acids is 4. The van der Waals surface area contributed by atoms with E-state index in [1.807, 2.05) is 27.7 Å². The van der Waals surface area contributed by atoms with Crippen LogP contribution in [0.5, 0.6) is 0 Å². The Morgan fingerprint density at radius 1 is 1.11 bits per heavy atom. The molecule has 1 saturated carbocycles. The van der Waals surface area contributed by atoms with E-state index in [0.717, 1.165) is 5.57 Å². The molecule has 0 radical (unpaired) electrons. The Labute approximate surface area is 223 Å². The molecule has 2 aliphatic carbocycles. The molecule has 10 nitrogen and oxygen atoms in total. The average molecular weight is 537 g/mol. The maximum atomic E-state index is 12.9. The molecule has 10 unspecified atom stereocenters. The summed E-state index contributed by atoms with van der Waals surface area (Å²) in [4.78, 5) is 50.1. The van der Waals surface area contributed by atoms with Crippen molar-refractivity contribution in [1.29, 1.82) is 0 Å². The van der Waals surface area contributed by atoms with E-state index in [4.69, 9.17) is 23.7 Å². The van der Waals surface area contributed by atoms with E-state index in [-0.39, 0.29) is 18.8 Å². The van der Waals surface area contributed by atoms with Gasteiger partial charge in [-0.05, 0) is 45.1 Å². The zero-order chi connectivity index (χ0) is 28.2. The molecule has 2 heterocycles. The molecule has 10 heteroatoms. The predicted octanol–water partition coefficient (Wildman–Crippen LogP) is 2.78. The number of ether oxygens (including phenoxy) is 5. The van der Waals surface area contributed by atoms with Gasteiger partial charge in [-0.3, -0.25) is 14.4 Å². The molecular formula is C28H40O10. The Morgan fingerprint density at radius 3 is 2.32 bits per heavy atom. The number of aliphatic hydroxyl groups is 1. The Kier molecular flexibility index (Phi) is 7.46. The maximum Gasteiger partial charge on any atom is 0.342 e. The van der Waals surface area contributed by atoms with Crippen molar-refractivity contribution >= 4 is 23.9 Å². The highest BCUT2D eigenvalue weighted by Crippen LogP contribution is 2.65. The molecule has 2 saturated heterocycles. The monoisotopic (exact) mass is 536 g/mol. The van der Waals surface area contributed by atoms with Gasteiger partial charge in [-0.2, -0.15) is 0 Å². The number of rotatable bonds is 5. The Hall–Kier alpha value is -2.46. The number of carbonyl (C=O) groups is 4. The minimum absolute atomic E-state index is 0.173. The van der Waals surface area contributed by atoms with Crippen LogP contribution in [0.3, 0.4) is 0 Å². The summed E-state index contributed by atoms with van der Waals surface area (Å²) in [5, 5.41) is 12.3. The molecule has 0 aromatic carbocycles. The van der Waals surface area contributed by atoms with Gasteiger partial charge >= 0.3 is 23.9 Å². The van der Waals surface area contributed by atoms with Gasteiger partial charge in [-0.15, -0.1) is 0 Å². The number of hydrogen-bond acceptors (Lipinski definition) is 10. The second-order valence-corrected chi connectivity index (χ2v) is 11.7. The molecule has 1 N–H and O–H groups in total. The lowest BCUT2D eigenvalue weighted by molar-refractivity contribution is -0.230. The molecule has 4 rings (SSSR count). The van der Waals surface area contributed by atoms with Crippen LogP contribution in [0, 0.1) is 17.3 Å². The van der Waals surface area contributed by atoms with Gasteiger partial charge in [0.2, 0.25) is 0 Å². The van der Waals surface area contributed by atoms with E-state index >= 15 is 0 Å². The molecule has 0 amide bonds. The Balaban J connectivity index is 1.89. The van der Waals surface area contributed by atoms with Crippen molar-refractivity contribution in [2.75, 3.05) is 0 Å². The summed E-state index contributed by atoms with van der Waals surface area (Å²) in [5.41, 5.74) is -2.99. The van der Waals surface area contributed by atoms with Gasteiger partial charge in [-0.25, -0.2) is 4.79 Å². The highest BCUT2D eigenvalue weighted by atomic mass is 16.7. The summed E-state index contributed by atoms with van der Waals surface area (Å²) >= 11 is 0. The molecule has 10 atom stereocenters. The van der Waals surface area contributed by atoms with Crippen LogP contribution in [0.25, 0.3) is 0 Å². The van der Waals surface area contributed by atoms with Crippen LogP contribution in [-0.4, -0.2) is 70.7 Å². The van der Waals surface area contributed by atoms with Crippen molar-refractivity contribution < 1.29 is 48.0 Å². The first-order chi connectivity index (χ1) is 17.7. The van der Waals surface area contributed by atoms with Crippen molar-refractivity contribution in [3.05, 3.63) is 11.6 Å². The van der Waals surface area contributed by atoms with E-state index in [1.54, 1.807) is 13.0 Å². The lowest BCUT2D eigenvalue weighted by Gasteiger charge is -2.56. The van der Waals surface area contributed by atoms with E-state index in [9.17, 15) is 24.3 Å². The van der Waals surface area contributed by atoms with Gasteiger partial charge in [0.15, 0.2) is 17.3 Å². The summed E-state index contributed by atoms with van der Waals surface area (Å²) in [5.74, 6) is -3.23. The lowest BCUT2D eigenvalue weighted by Crippen LogP contribution is -2.65. The fourth-order valence-corrected chi connectivity index (χ4v) is 7.20. The van der Waals surface area contributed by atoms with Gasteiger partial charge in [0.25, 0.3) is 0 Å². The average Bonchev–Trinajstić information content (AvgIpc) is 3.40. The van der Waals surface area contributed by atoms with E-state index in [2.05, 4.69) is 0 Å². The lowest BCUT2D eigenvalue weighted by atomic mass is 9.53. The number of esters is 4. The molecule has 3 fully saturated rings. The van der Waals surface area contributed by atoms with Crippen molar-refractivity contribution in [2.24, 2.45) is 17.3 Å². The third-order valence-corrected chi connectivity index (χ3v) is 9.20. The van der Waals surface area contributed by atoms with Crippen LogP contribution in [0.2, 0.25) is 0 Å². The van der Waals surface area contributed by atoms with Gasteiger partial charge in [0, 0.05) is 38.0 Å². The van der Waals surface area contributed by atoms with Crippen molar-refractivity contribution in [3.8, 4) is 0 Å². The van der Waals surface area contributed by atoms with Crippen molar-refractivity contribution in [2.45, 2.75) is 122 Å². The minimum Gasteiger partial charge on any atom is -0.462 e. The highest BCUT2D eigenvalue weighted by molar-refractivity contribution is 5.88. The topological polar surface area (TPSA) is 138 Å². The molecule has 2 aliphatic heterocycles. The van der Waals surface area contributed by atoms with E-state index in [1.165, 1.54) is 13.8 Å². The molecule has 38 heavy (non-hydrogen) atoms. The fraction of sp³-hybridized carbons (Fsp3) is 0.786. The molecule has 0 bridgehead atoms. The predicted molar refractivity (Wildman–Crippen MR) is 132 cm³/mol. The minimum atomic E-state index is -1.39. The van der Waals surface area contributed by atoms with Crippen molar-refractivity contribution in [3.63, 3.8) is 0 Å². The maximum absolute atomic E-state index is 12.9. The quantitative estimate of drug-likeness (QED) is 0.242. The summed E-state index contributed by atoms with van der Waals surface area (Å²) < 4.78 is 29.4. The summed E-state index contributed by atoms with van der Waals surface area (Å²) in [6, 6.07) is 0. The first-order valence-corrected chi connectivity index (χ1v) is 13.5. The molecule has 0 aromatic heterocycles. The Morgan fingerprint density at radius 2 is 1.74 bits per heavy atom. The third-order valence-electron chi connectivity index (χ3n) is 9.20. The SMILES string of the molecule is CCCC(=O)OC1CC(OC(C)=O)C2(C)C(OC(C)=O)CCC(C)=CC3OC(=O)C4(C)OC34C(O)C2C1C. The summed E-state index contributed by atoms with van der Waals surface area (Å²) in [6.45, 7) is 11.7. The number of allylic oxidation sites excluding steroid dienone is 1. The van der Waals surface area contributed by atoms with Crippen molar-refractivity contribution in [1.82, 2.24) is 0 Å². The van der Waals surface area contributed by atoms with E-state index < -0.39 is 76.9 Å². The van der Waals surface area contributed by atoms with Crippen LogP contribution in [0.15, 0.2) is 11.6 Å². The second-order valence-electron chi connectivity index (χ2n) is 11.7. The van der Waals surface area contributed by atoms with E-state index in [0.29, 0.717) is 19.3 Å². The van der Waals surface area contributed by atoms with Crippen LogP contribution < -0.4 is 0 Å². The molecule has 4 aliphatic rings. The first-order valence-electron chi connectivity index (χ1n) is 13.5. The third kappa shape index (κ3) is 4.33. The summed E-state index contributed by atoms with van der Waals surface area (Å²) in [7, 11) is 0. The van der Waals surface area contributed by atoms with Crippen LogP contribution in [0.1, 0.15) is 80.6 Å². The highest BCUT2D eigenvalue weighted by Gasteiger charge is 2.86. The van der Waals surface area contributed by atoms with Gasteiger partial charge < -0.3 is 28.8 Å². The summed E-state index contributed by atoms with van der Waals surface area (Å²) in [6.07, 6.45) is -0.751.